The molecule has 33 heavy (non-hydrogen) atoms. The summed E-state index contributed by atoms with van der Waals surface area (Å²) in [5.41, 5.74) is 8.70. The van der Waals surface area contributed by atoms with Crippen molar-refractivity contribution in [3.8, 4) is 11.1 Å². The molecule has 166 valence electrons. The van der Waals surface area contributed by atoms with Gasteiger partial charge in [-0.25, -0.2) is 4.79 Å². The van der Waals surface area contributed by atoms with Gasteiger partial charge in [0, 0.05) is 17.0 Å². The summed E-state index contributed by atoms with van der Waals surface area (Å²) in [5, 5.41) is 0.753. The summed E-state index contributed by atoms with van der Waals surface area (Å²) in [7, 11) is 0. The molecular weight excluding hydrogens is 430 g/mol. The van der Waals surface area contributed by atoms with E-state index in [1.54, 1.807) is 0 Å². The Bertz CT molecular complexity index is 1230. The number of nitrogens with zero attached hydrogens (tertiary/aromatic N) is 1. The predicted molar refractivity (Wildman–Crippen MR) is 133 cm³/mol. The molecule has 4 heteroatoms. The molecule has 3 aliphatic rings. The monoisotopic (exact) mass is 455 g/mol. The predicted octanol–water partition coefficient (Wildman–Crippen LogP) is 7.22. The number of ether oxygens (including phenoxy) is 1. The zero-order valence-electron chi connectivity index (χ0n) is 18.6. The quantitative estimate of drug-likeness (QED) is 0.417. The number of carbonyl (C=O) groups excluding carboxylic acids is 1. The molecule has 1 aliphatic carbocycles. The van der Waals surface area contributed by atoms with Crippen LogP contribution in [0.3, 0.4) is 0 Å². The second-order valence-corrected chi connectivity index (χ2v) is 9.80. The fourth-order valence-corrected chi connectivity index (χ4v) is 6.10. The maximum Gasteiger partial charge on any atom is 0.410 e. The van der Waals surface area contributed by atoms with Crippen molar-refractivity contribution in [3.63, 3.8) is 0 Å². The lowest BCUT2D eigenvalue weighted by atomic mass is 9.92. The molecule has 0 saturated carbocycles. The third-order valence-electron chi connectivity index (χ3n) is 7.49. The molecular formula is C29H26ClNO2. The minimum Gasteiger partial charge on any atom is -0.448 e. The molecule has 0 N–H and O–H groups in total. The van der Waals surface area contributed by atoms with Crippen molar-refractivity contribution in [3.05, 3.63) is 100 Å². The van der Waals surface area contributed by atoms with Gasteiger partial charge in [-0.1, -0.05) is 72.3 Å². The number of benzene rings is 3. The highest BCUT2D eigenvalue weighted by Gasteiger charge is 2.41. The van der Waals surface area contributed by atoms with E-state index in [1.807, 2.05) is 17.0 Å². The third-order valence-corrected chi connectivity index (χ3v) is 7.72. The van der Waals surface area contributed by atoms with Gasteiger partial charge in [0.15, 0.2) is 0 Å². The van der Waals surface area contributed by atoms with Gasteiger partial charge in [0.05, 0.1) is 6.04 Å². The Morgan fingerprint density at radius 1 is 0.970 bits per heavy atom. The number of hydrogen-bond acceptors (Lipinski definition) is 2. The molecule has 3 nitrogen and oxygen atoms in total. The molecule has 2 unspecified atom stereocenters. The van der Waals surface area contributed by atoms with Crippen LogP contribution in [0.2, 0.25) is 5.02 Å². The van der Waals surface area contributed by atoms with Gasteiger partial charge in [0.25, 0.3) is 0 Å². The lowest BCUT2D eigenvalue weighted by Gasteiger charge is -2.34. The van der Waals surface area contributed by atoms with Crippen molar-refractivity contribution >= 4 is 23.3 Å². The van der Waals surface area contributed by atoms with Crippen molar-refractivity contribution in [2.75, 3.05) is 6.61 Å². The molecule has 3 aromatic carbocycles. The lowest BCUT2D eigenvalue weighted by Crippen LogP contribution is -2.43. The summed E-state index contributed by atoms with van der Waals surface area (Å²) in [6.45, 7) is 2.49. The number of fused-ring (bicyclic) bond motifs is 5. The highest BCUT2D eigenvalue weighted by molar-refractivity contribution is 6.30. The van der Waals surface area contributed by atoms with E-state index in [-0.39, 0.29) is 24.1 Å². The standard InChI is InChI=1S/C29H26ClNO2/c1-18-10-11-20(30)16-27(18)19-14-21-12-13-22(15-19)31(21)29(32)33-17-28-25-8-4-2-6-23(25)24-7-3-5-9-26(24)28/h2-11,14,16,21-22,28H,12-13,15,17H2,1H3. The van der Waals surface area contributed by atoms with Crippen LogP contribution in [0.4, 0.5) is 4.79 Å². The van der Waals surface area contributed by atoms with E-state index in [9.17, 15) is 4.79 Å². The molecule has 1 saturated heterocycles. The number of halogens is 1. The molecule has 0 aromatic heterocycles. The van der Waals surface area contributed by atoms with E-state index in [1.165, 1.54) is 39.0 Å². The van der Waals surface area contributed by atoms with Crippen LogP contribution in [0.25, 0.3) is 16.7 Å². The number of rotatable bonds is 3. The third kappa shape index (κ3) is 3.46. The fraction of sp³-hybridized carbons (Fsp3) is 0.276. The van der Waals surface area contributed by atoms with Crippen LogP contribution in [0, 0.1) is 6.92 Å². The van der Waals surface area contributed by atoms with Gasteiger partial charge >= 0.3 is 6.09 Å². The summed E-state index contributed by atoms with van der Waals surface area (Å²) in [5.74, 6) is 0.0870. The van der Waals surface area contributed by atoms with Crippen LogP contribution in [-0.4, -0.2) is 29.7 Å². The Morgan fingerprint density at radius 2 is 1.67 bits per heavy atom. The van der Waals surface area contributed by atoms with Crippen molar-refractivity contribution in [2.45, 2.75) is 44.2 Å². The molecule has 1 amide bonds. The first-order valence-electron chi connectivity index (χ1n) is 11.7. The summed E-state index contributed by atoms with van der Waals surface area (Å²) in [6, 6.07) is 23.2. The average Bonchev–Trinajstić information content (AvgIpc) is 3.30. The van der Waals surface area contributed by atoms with Gasteiger partial charge in [-0.15, -0.1) is 0 Å². The van der Waals surface area contributed by atoms with Crippen LogP contribution in [0.1, 0.15) is 47.4 Å². The first kappa shape index (κ1) is 20.6. The van der Waals surface area contributed by atoms with E-state index in [4.69, 9.17) is 16.3 Å². The SMILES string of the molecule is Cc1ccc(Cl)cc1C1=CC2CCC(C1)N2C(=O)OCC1c2ccccc2-c2ccccc21. The fourth-order valence-electron chi connectivity index (χ4n) is 5.92. The Labute approximate surface area is 199 Å². The van der Waals surface area contributed by atoms with Gasteiger partial charge in [-0.2, -0.15) is 0 Å². The van der Waals surface area contributed by atoms with Gasteiger partial charge in [0.1, 0.15) is 6.61 Å². The van der Waals surface area contributed by atoms with E-state index in [2.05, 4.69) is 67.6 Å². The van der Waals surface area contributed by atoms with Gasteiger partial charge < -0.3 is 4.74 Å². The van der Waals surface area contributed by atoms with Crippen LogP contribution in [-0.2, 0) is 4.74 Å². The van der Waals surface area contributed by atoms with E-state index >= 15 is 0 Å². The maximum atomic E-state index is 13.3. The molecule has 2 atom stereocenters. The van der Waals surface area contributed by atoms with E-state index in [0.29, 0.717) is 6.61 Å². The molecule has 0 spiro atoms. The normalized spacial score (nSPS) is 20.9. The van der Waals surface area contributed by atoms with E-state index in [0.717, 1.165) is 24.3 Å². The Hall–Kier alpha value is -3.04. The minimum atomic E-state index is -0.192. The average molecular weight is 456 g/mol. The molecule has 6 rings (SSSR count). The van der Waals surface area contributed by atoms with Crippen molar-refractivity contribution < 1.29 is 9.53 Å². The Kier molecular flexibility index (Phi) is 5.03. The summed E-state index contributed by atoms with van der Waals surface area (Å²) >= 11 is 6.27. The maximum absolute atomic E-state index is 13.3. The topological polar surface area (TPSA) is 29.5 Å². The molecule has 2 heterocycles. The number of hydrogen-bond donors (Lipinski definition) is 0. The number of carbonyl (C=O) groups is 1. The van der Waals surface area contributed by atoms with Gasteiger partial charge in [-0.05, 0) is 77.3 Å². The number of aryl methyl sites for hydroxylation is 1. The Morgan fingerprint density at radius 3 is 2.36 bits per heavy atom. The Balaban J connectivity index is 1.21. The van der Waals surface area contributed by atoms with Crippen LogP contribution in [0.15, 0.2) is 72.8 Å². The van der Waals surface area contributed by atoms with Gasteiger partial charge in [0.2, 0.25) is 0 Å². The molecule has 2 bridgehead atoms. The van der Waals surface area contributed by atoms with Crippen LogP contribution >= 0.6 is 11.6 Å². The highest BCUT2D eigenvalue weighted by atomic mass is 35.5. The molecule has 0 radical (unpaired) electrons. The van der Waals surface area contributed by atoms with Crippen LogP contribution < -0.4 is 0 Å². The minimum absolute atomic E-state index is 0.0870. The van der Waals surface area contributed by atoms with Crippen molar-refractivity contribution in [2.24, 2.45) is 0 Å². The lowest BCUT2D eigenvalue weighted by molar-refractivity contribution is 0.0866. The highest BCUT2D eigenvalue weighted by Crippen LogP contribution is 2.45. The number of amides is 1. The summed E-state index contributed by atoms with van der Waals surface area (Å²) < 4.78 is 5.98. The molecule has 2 aliphatic heterocycles. The first-order valence-corrected chi connectivity index (χ1v) is 12.1. The van der Waals surface area contributed by atoms with Gasteiger partial charge in [-0.3, -0.25) is 4.90 Å². The largest absolute Gasteiger partial charge is 0.448 e. The van der Waals surface area contributed by atoms with E-state index < -0.39 is 0 Å². The molecule has 1 fully saturated rings. The summed E-state index contributed by atoms with van der Waals surface area (Å²) in [4.78, 5) is 15.2. The molecule has 3 aromatic rings. The second-order valence-electron chi connectivity index (χ2n) is 9.37. The second kappa shape index (κ2) is 8.07. The van der Waals surface area contributed by atoms with Crippen LogP contribution in [0.5, 0.6) is 0 Å². The van der Waals surface area contributed by atoms with Crippen molar-refractivity contribution in [1.82, 2.24) is 4.90 Å². The smallest absolute Gasteiger partial charge is 0.410 e. The zero-order chi connectivity index (χ0) is 22.5. The first-order chi connectivity index (χ1) is 16.1. The zero-order valence-corrected chi connectivity index (χ0v) is 19.4. The summed E-state index contributed by atoms with van der Waals surface area (Å²) in [6.07, 6.45) is 4.90. The van der Waals surface area contributed by atoms with Crippen molar-refractivity contribution in [1.29, 1.82) is 0 Å².